The van der Waals surface area contributed by atoms with Gasteiger partial charge in [0.1, 0.15) is 0 Å². The lowest BCUT2D eigenvalue weighted by atomic mass is 9.56. The van der Waals surface area contributed by atoms with E-state index >= 15 is 0 Å². The number of nitrogens with one attached hydrogen (secondary N) is 1. The highest BCUT2D eigenvalue weighted by Gasteiger charge is 2.53. The van der Waals surface area contributed by atoms with Gasteiger partial charge in [-0.3, -0.25) is 0 Å². The van der Waals surface area contributed by atoms with Crippen molar-refractivity contribution < 1.29 is 9.63 Å². The molecule has 1 amide bonds. The van der Waals surface area contributed by atoms with E-state index in [1.807, 2.05) is 0 Å². The number of carbonyl (C=O) groups is 1. The highest BCUT2D eigenvalue weighted by Crippen LogP contribution is 2.62. The molecule has 4 rings (SSSR count). The normalized spacial score (nSPS) is 33.6. The average Bonchev–Trinajstić information content (AvgIpc) is 3.02. The molecule has 0 saturated heterocycles. The van der Waals surface area contributed by atoms with E-state index in [0.29, 0.717) is 17.3 Å². The van der Waals surface area contributed by atoms with Gasteiger partial charge < -0.3 is 9.74 Å². The minimum Gasteiger partial charge on any atom is -0.324 e. The van der Waals surface area contributed by atoms with Crippen LogP contribution >= 0.6 is 0 Å². The summed E-state index contributed by atoms with van der Waals surface area (Å²) >= 11 is 0. The average molecular weight is 382 g/mol. The number of hydroxylamine groups is 1. The number of fused-ring (bicyclic) bond motifs is 4. The molecule has 0 aromatic heterocycles. The molecule has 1 N–H and O–H groups in total. The van der Waals surface area contributed by atoms with Gasteiger partial charge in [0, 0.05) is 20.5 Å². The van der Waals surface area contributed by atoms with Crippen LogP contribution in [0, 0.1) is 34.5 Å². The van der Waals surface area contributed by atoms with Gasteiger partial charge in [0.2, 0.25) is 0 Å². The van der Waals surface area contributed by atoms with Gasteiger partial charge in [0.05, 0.1) is 11.8 Å². The lowest BCUT2D eigenvalue weighted by Gasteiger charge is -2.49. The largest absolute Gasteiger partial charge is 0.433 e. The summed E-state index contributed by atoms with van der Waals surface area (Å²) in [6, 6.07) is 2.44. The van der Waals surface area contributed by atoms with Crippen LogP contribution in [0.1, 0.15) is 58.3 Å². The molecular weight excluding hydrogens is 350 g/mol. The van der Waals surface area contributed by atoms with Crippen molar-refractivity contribution in [3.05, 3.63) is 34.6 Å². The van der Waals surface area contributed by atoms with E-state index in [1.54, 1.807) is 19.7 Å². The number of carbonyl (C=O) groups excluding carboxylic acids is 1. The van der Waals surface area contributed by atoms with Crippen molar-refractivity contribution >= 4 is 6.09 Å². The molecule has 0 aromatic carbocycles. The van der Waals surface area contributed by atoms with Crippen molar-refractivity contribution in [3.8, 4) is 6.07 Å². The summed E-state index contributed by atoms with van der Waals surface area (Å²) in [6.45, 7) is 2.46. The Morgan fingerprint density at radius 3 is 2.93 bits per heavy atom. The summed E-state index contributed by atoms with van der Waals surface area (Å²) in [4.78, 5) is 18.1. The molecular formula is C23H31N3O2. The van der Waals surface area contributed by atoms with Gasteiger partial charge in [-0.2, -0.15) is 5.26 Å². The van der Waals surface area contributed by atoms with Crippen LogP contribution in [0.4, 0.5) is 4.79 Å². The monoisotopic (exact) mass is 381 g/mol. The molecule has 0 unspecified atom stereocenters. The van der Waals surface area contributed by atoms with Gasteiger partial charge in [-0.1, -0.05) is 18.6 Å². The summed E-state index contributed by atoms with van der Waals surface area (Å²) in [5.74, 6) is 2.02. The molecule has 150 valence electrons. The molecule has 5 nitrogen and oxygen atoms in total. The Balaban J connectivity index is 1.51. The second-order valence-electron chi connectivity index (χ2n) is 9.30. The number of nitrogens with zero attached hydrogens (tertiary/aromatic N) is 2. The third-order valence-electron chi connectivity index (χ3n) is 7.79. The minimum atomic E-state index is -0.396. The van der Waals surface area contributed by atoms with E-state index < -0.39 is 6.09 Å². The molecule has 4 aliphatic rings. The van der Waals surface area contributed by atoms with Crippen LogP contribution in [0.3, 0.4) is 0 Å². The third-order valence-corrected chi connectivity index (χ3v) is 7.79. The summed E-state index contributed by atoms with van der Waals surface area (Å²) in [5.41, 5.74) is 8.66. The van der Waals surface area contributed by atoms with Crippen LogP contribution in [-0.2, 0) is 4.84 Å². The Labute approximate surface area is 168 Å². The van der Waals surface area contributed by atoms with E-state index in [9.17, 15) is 10.1 Å². The number of amides is 1. The number of nitriles is 1. The first-order valence-corrected chi connectivity index (χ1v) is 10.6. The number of rotatable bonds is 3. The number of hydrogen-bond acceptors (Lipinski definition) is 4. The predicted molar refractivity (Wildman–Crippen MR) is 108 cm³/mol. The summed E-state index contributed by atoms with van der Waals surface area (Å²) in [5, 5.41) is 9.24. The second kappa shape index (κ2) is 7.31. The summed E-state index contributed by atoms with van der Waals surface area (Å²) in [6.07, 6.45) is 12.8. The van der Waals surface area contributed by atoms with E-state index in [1.165, 1.54) is 48.2 Å². The molecule has 0 aromatic rings. The molecule has 4 aliphatic carbocycles. The maximum absolute atomic E-state index is 11.6. The van der Waals surface area contributed by atoms with E-state index in [0.717, 1.165) is 30.9 Å². The second-order valence-corrected chi connectivity index (χ2v) is 9.30. The summed E-state index contributed by atoms with van der Waals surface area (Å²) < 4.78 is 0. The van der Waals surface area contributed by atoms with Gasteiger partial charge in [-0.15, -0.1) is 0 Å². The van der Waals surface area contributed by atoms with Gasteiger partial charge in [-0.25, -0.2) is 10.3 Å². The molecule has 2 fully saturated rings. The number of allylic oxidation sites excluding steroid dienone is 5. The molecule has 0 radical (unpaired) electrons. The van der Waals surface area contributed by atoms with Crippen LogP contribution in [-0.4, -0.2) is 25.1 Å². The Kier molecular flexibility index (Phi) is 4.99. The van der Waals surface area contributed by atoms with Crippen LogP contribution in [0.2, 0.25) is 0 Å². The van der Waals surface area contributed by atoms with Crippen LogP contribution in [0.5, 0.6) is 0 Å². The summed E-state index contributed by atoms with van der Waals surface area (Å²) in [7, 11) is 3.34. The fourth-order valence-electron chi connectivity index (χ4n) is 6.23. The molecule has 28 heavy (non-hydrogen) atoms. The maximum Gasteiger partial charge on any atom is 0.433 e. The van der Waals surface area contributed by atoms with Gasteiger partial charge in [0.15, 0.2) is 0 Å². The standard InChI is InChI=1S/C23H31N3O2/c1-23-12-10-19-18-8-6-17(25-28-22(27)26(2)3)14-15(18)4-7-20(19)21(23)9-5-16(23)11-13-24/h6,14,16,20-21,25H,4-5,7-12H2,1-3H3/t16-,20-,21+,23-/m1/s1. The molecule has 0 aliphatic heterocycles. The molecule has 0 bridgehead atoms. The Morgan fingerprint density at radius 2 is 2.18 bits per heavy atom. The fourth-order valence-corrected chi connectivity index (χ4v) is 6.23. The van der Waals surface area contributed by atoms with Crippen LogP contribution in [0.15, 0.2) is 34.6 Å². The fraction of sp³-hybridized carbons (Fsp3) is 0.652. The highest BCUT2D eigenvalue weighted by molar-refractivity contribution is 5.66. The van der Waals surface area contributed by atoms with Crippen molar-refractivity contribution in [2.45, 2.75) is 58.3 Å². The molecule has 2 saturated carbocycles. The first-order valence-electron chi connectivity index (χ1n) is 10.6. The molecule has 0 spiro atoms. The first-order chi connectivity index (χ1) is 13.4. The van der Waals surface area contributed by atoms with Crippen molar-refractivity contribution in [3.63, 3.8) is 0 Å². The minimum absolute atomic E-state index is 0.350. The Bertz CT molecular complexity index is 801. The SMILES string of the molecule is CN(C)C(=O)ONC1=CCC2=C3CC[C@]4(C)[C@@H](CC#N)CC[C@H]4[C@@H]3CCC2=C1. The first kappa shape index (κ1) is 19.1. The topological polar surface area (TPSA) is 65.4 Å². The van der Waals surface area contributed by atoms with Crippen molar-refractivity contribution in [2.24, 2.45) is 23.2 Å². The molecule has 5 heteroatoms. The van der Waals surface area contributed by atoms with Crippen molar-refractivity contribution in [1.29, 1.82) is 5.26 Å². The predicted octanol–water partition coefficient (Wildman–Crippen LogP) is 4.85. The maximum atomic E-state index is 11.6. The zero-order chi connectivity index (χ0) is 19.9. The quantitative estimate of drug-likeness (QED) is 0.710. The smallest absolute Gasteiger partial charge is 0.324 e. The molecule has 0 heterocycles. The van der Waals surface area contributed by atoms with Crippen molar-refractivity contribution in [1.82, 2.24) is 10.4 Å². The van der Waals surface area contributed by atoms with Gasteiger partial charge in [-0.05, 0) is 85.3 Å². The van der Waals surface area contributed by atoms with Gasteiger partial charge in [0.25, 0.3) is 0 Å². The molecule has 4 atom stereocenters. The van der Waals surface area contributed by atoms with Crippen LogP contribution in [0.25, 0.3) is 0 Å². The van der Waals surface area contributed by atoms with E-state index in [-0.39, 0.29) is 0 Å². The zero-order valence-electron chi connectivity index (χ0n) is 17.3. The van der Waals surface area contributed by atoms with E-state index in [2.05, 4.69) is 30.6 Å². The number of hydrogen-bond donors (Lipinski definition) is 1. The zero-order valence-corrected chi connectivity index (χ0v) is 17.3. The lowest BCUT2D eigenvalue weighted by molar-refractivity contribution is 0.0768. The highest BCUT2D eigenvalue weighted by atomic mass is 16.7. The lowest BCUT2D eigenvalue weighted by Crippen LogP contribution is -2.40. The Morgan fingerprint density at radius 1 is 1.36 bits per heavy atom. The Hall–Kier alpha value is -2.22. The van der Waals surface area contributed by atoms with E-state index in [4.69, 9.17) is 4.84 Å². The van der Waals surface area contributed by atoms with Gasteiger partial charge >= 0.3 is 6.09 Å². The third kappa shape index (κ3) is 3.13. The van der Waals surface area contributed by atoms with Crippen molar-refractivity contribution in [2.75, 3.05) is 14.1 Å². The van der Waals surface area contributed by atoms with Crippen LogP contribution < -0.4 is 5.48 Å².